The predicted molar refractivity (Wildman–Crippen MR) is 149 cm³/mol. The minimum atomic E-state index is -0.0181. The van der Waals surface area contributed by atoms with Gasteiger partial charge in [-0.25, -0.2) is 0 Å². The molecule has 1 fully saturated rings. The zero-order chi connectivity index (χ0) is 27.2. The molecule has 0 bridgehead atoms. The number of nitrogens with zero attached hydrogens (tertiary/aromatic N) is 3. The molecule has 39 heavy (non-hydrogen) atoms. The average Bonchev–Trinajstić information content (AvgIpc) is 3.20. The van der Waals surface area contributed by atoms with E-state index in [0.717, 1.165) is 53.9 Å². The molecule has 2 aromatic carbocycles. The van der Waals surface area contributed by atoms with E-state index in [-0.39, 0.29) is 17.7 Å². The summed E-state index contributed by atoms with van der Waals surface area (Å²) < 4.78 is 16.9. The van der Waals surface area contributed by atoms with E-state index in [9.17, 15) is 9.90 Å². The van der Waals surface area contributed by atoms with Crippen LogP contribution in [0, 0.1) is 0 Å². The molecule has 0 spiro atoms. The SMILES string of the molecule is C=CC(=O)N(C)[C@H]1CCCCOC1.Oc1ccccc1-c1cc2c(-c3cccc4c3OCCO4)c[nH]c2nn1. The topological polar surface area (TPSA) is 110 Å². The Kier molecular flexibility index (Phi) is 8.07. The van der Waals surface area contributed by atoms with Crippen molar-refractivity contribution in [1.29, 1.82) is 0 Å². The van der Waals surface area contributed by atoms with Crippen molar-refractivity contribution in [2.75, 3.05) is 33.5 Å². The van der Waals surface area contributed by atoms with Gasteiger partial charge in [0.1, 0.15) is 19.0 Å². The number of fused-ring (bicyclic) bond motifs is 2. The zero-order valence-electron chi connectivity index (χ0n) is 21.9. The lowest BCUT2D eigenvalue weighted by atomic mass is 10.0. The predicted octanol–water partition coefficient (Wildman–Crippen LogP) is 4.97. The maximum Gasteiger partial charge on any atom is 0.246 e. The van der Waals surface area contributed by atoms with E-state index in [1.807, 2.05) is 49.6 Å². The number of carbonyl (C=O) groups excluding carboxylic acids is 1. The van der Waals surface area contributed by atoms with E-state index >= 15 is 0 Å². The third-order valence-corrected chi connectivity index (χ3v) is 6.93. The van der Waals surface area contributed by atoms with Gasteiger partial charge in [-0.1, -0.05) is 30.8 Å². The lowest BCUT2D eigenvalue weighted by Crippen LogP contribution is -2.38. The lowest BCUT2D eigenvalue weighted by molar-refractivity contribution is -0.127. The summed E-state index contributed by atoms with van der Waals surface area (Å²) in [5, 5.41) is 19.5. The number of phenols is 1. The summed E-state index contributed by atoms with van der Waals surface area (Å²) >= 11 is 0. The van der Waals surface area contributed by atoms with Crippen LogP contribution in [-0.4, -0.2) is 70.6 Å². The molecule has 2 N–H and O–H groups in total. The summed E-state index contributed by atoms with van der Waals surface area (Å²) in [4.78, 5) is 16.2. The molecule has 1 atom stereocenters. The first-order chi connectivity index (χ1) is 19.1. The van der Waals surface area contributed by atoms with Gasteiger partial charge in [-0.05, 0) is 49.6 Å². The third-order valence-electron chi connectivity index (χ3n) is 6.93. The number of H-pyrrole nitrogens is 1. The Balaban J connectivity index is 0.000000201. The molecule has 1 saturated heterocycles. The van der Waals surface area contributed by atoms with Gasteiger partial charge in [0.15, 0.2) is 17.1 Å². The van der Waals surface area contributed by atoms with Gasteiger partial charge in [0.2, 0.25) is 5.91 Å². The van der Waals surface area contributed by atoms with Gasteiger partial charge in [-0.15, -0.1) is 10.2 Å². The van der Waals surface area contributed by atoms with Gasteiger partial charge < -0.3 is 29.2 Å². The van der Waals surface area contributed by atoms with Crippen molar-refractivity contribution in [3.8, 4) is 39.6 Å². The van der Waals surface area contributed by atoms with Gasteiger partial charge >= 0.3 is 0 Å². The molecule has 4 heterocycles. The fourth-order valence-electron chi connectivity index (χ4n) is 4.77. The molecule has 0 aliphatic carbocycles. The molecule has 9 nitrogen and oxygen atoms in total. The highest BCUT2D eigenvalue weighted by atomic mass is 16.6. The summed E-state index contributed by atoms with van der Waals surface area (Å²) in [6.45, 7) is 6.03. The van der Waals surface area contributed by atoms with E-state index in [4.69, 9.17) is 14.2 Å². The van der Waals surface area contributed by atoms with Crippen LogP contribution in [0.4, 0.5) is 0 Å². The number of nitrogens with one attached hydrogen (secondary N) is 1. The second-order valence-electron chi connectivity index (χ2n) is 9.42. The number of para-hydroxylation sites is 2. The highest BCUT2D eigenvalue weighted by molar-refractivity contribution is 5.97. The molecule has 0 saturated carbocycles. The maximum atomic E-state index is 11.3. The maximum absolute atomic E-state index is 11.3. The van der Waals surface area contributed by atoms with Crippen molar-refractivity contribution in [3.63, 3.8) is 0 Å². The number of phenolic OH excluding ortho intramolecular Hbond substituents is 1. The Morgan fingerprint density at radius 1 is 1.05 bits per heavy atom. The van der Waals surface area contributed by atoms with Crippen molar-refractivity contribution < 1.29 is 24.1 Å². The van der Waals surface area contributed by atoms with Crippen molar-refractivity contribution >= 4 is 16.9 Å². The molecule has 6 rings (SSSR count). The number of hydrogen-bond acceptors (Lipinski definition) is 7. The van der Waals surface area contributed by atoms with Crippen LogP contribution >= 0.6 is 0 Å². The van der Waals surface area contributed by atoms with Gasteiger partial charge in [0, 0.05) is 41.9 Å². The molecular weight excluding hydrogens is 496 g/mol. The van der Waals surface area contributed by atoms with Crippen LogP contribution in [0.25, 0.3) is 33.4 Å². The number of aromatic amines is 1. The van der Waals surface area contributed by atoms with E-state index in [2.05, 4.69) is 21.8 Å². The van der Waals surface area contributed by atoms with E-state index in [1.54, 1.807) is 17.0 Å². The number of ether oxygens (including phenoxy) is 3. The largest absolute Gasteiger partial charge is 0.507 e. The zero-order valence-corrected chi connectivity index (χ0v) is 21.9. The van der Waals surface area contributed by atoms with Crippen molar-refractivity contribution in [2.45, 2.75) is 25.3 Å². The number of hydrogen-bond donors (Lipinski definition) is 2. The number of benzene rings is 2. The molecule has 2 aliphatic heterocycles. The summed E-state index contributed by atoms with van der Waals surface area (Å²) in [6, 6.07) is 15.1. The Bertz CT molecular complexity index is 1460. The number of aromatic nitrogens is 3. The lowest BCUT2D eigenvalue weighted by Gasteiger charge is -2.25. The monoisotopic (exact) mass is 528 g/mol. The number of carbonyl (C=O) groups is 1. The van der Waals surface area contributed by atoms with Crippen molar-refractivity contribution in [1.82, 2.24) is 20.1 Å². The van der Waals surface area contributed by atoms with Gasteiger partial charge in [-0.3, -0.25) is 4.79 Å². The normalized spacial score (nSPS) is 16.5. The molecule has 2 aromatic heterocycles. The first-order valence-electron chi connectivity index (χ1n) is 13.1. The number of rotatable bonds is 4. The molecule has 202 valence electrons. The Hall–Kier alpha value is -4.37. The number of likely N-dealkylation sites (N-methyl/N-ethyl adjacent to an activating group) is 1. The first kappa shape index (κ1) is 26.2. The van der Waals surface area contributed by atoms with E-state index in [1.165, 1.54) is 6.08 Å². The van der Waals surface area contributed by atoms with Crippen LogP contribution in [0.5, 0.6) is 17.2 Å². The van der Waals surface area contributed by atoms with Crippen LogP contribution in [-0.2, 0) is 9.53 Å². The van der Waals surface area contributed by atoms with Crippen LogP contribution in [0.2, 0.25) is 0 Å². The minimum Gasteiger partial charge on any atom is -0.507 e. The Labute approximate surface area is 227 Å². The highest BCUT2D eigenvalue weighted by Gasteiger charge is 2.21. The Morgan fingerprint density at radius 3 is 2.72 bits per heavy atom. The molecule has 1 amide bonds. The van der Waals surface area contributed by atoms with Crippen LogP contribution in [0.15, 0.2) is 67.4 Å². The second kappa shape index (κ2) is 12.0. The number of amides is 1. The summed E-state index contributed by atoms with van der Waals surface area (Å²) in [6.07, 6.45) is 6.52. The molecule has 0 unspecified atom stereocenters. The van der Waals surface area contributed by atoms with Crippen molar-refractivity contribution in [3.05, 3.63) is 67.4 Å². The minimum absolute atomic E-state index is 0.0181. The van der Waals surface area contributed by atoms with Gasteiger partial charge in [0.05, 0.1) is 18.3 Å². The average molecular weight is 529 g/mol. The quantitative estimate of drug-likeness (QED) is 0.360. The molecule has 4 aromatic rings. The van der Waals surface area contributed by atoms with E-state index < -0.39 is 0 Å². The molecule has 9 heteroatoms. The highest BCUT2D eigenvalue weighted by Crippen LogP contribution is 2.42. The molecular formula is C30H32N4O5. The smallest absolute Gasteiger partial charge is 0.246 e. The van der Waals surface area contributed by atoms with Crippen LogP contribution in [0.1, 0.15) is 19.3 Å². The fourth-order valence-corrected chi connectivity index (χ4v) is 4.77. The van der Waals surface area contributed by atoms with E-state index in [0.29, 0.717) is 36.7 Å². The van der Waals surface area contributed by atoms with Crippen molar-refractivity contribution in [2.24, 2.45) is 0 Å². The molecule has 2 aliphatic rings. The van der Waals surface area contributed by atoms with Crippen LogP contribution < -0.4 is 9.47 Å². The molecule has 0 radical (unpaired) electrons. The summed E-state index contributed by atoms with van der Waals surface area (Å²) in [5.41, 5.74) is 3.81. The second-order valence-corrected chi connectivity index (χ2v) is 9.42. The fraction of sp³-hybridized carbons (Fsp3) is 0.300. The number of aromatic hydroxyl groups is 1. The Morgan fingerprint density at radius 2 is 1.87 bits per heavy atom. The third kappa shape index (κ3) is 5.73. The summed E-state index contributed by atoms with van der Waals surface area (Å²) in [5.74, 6) is 1.63. The standard InChI is InChI=1S/C20H15N3O3.C10H17NO2/c24-17-6-2-1-4-13(17)16-10-14-15(11-21-20(14)23-22-16)12-5-3-7-18-19(12)26-9-8-25-18;1-3-10(12)11(2)9-6-4-5-7-13-8-9/h1-7,10-11,24H,8-9H2,(H,21,23);3,9H,1,4-8H2,2H3/t;9-/m.0/s1. The van der Waals surface area contributed by atoms with Crippen LogP contribution in [0.3, 0.4) is 0 Å². The van der Waals surface area contributed by atoms with Gasteiger partial charge in [-0.2, -0.15) is 0 Å². The van der Waals surface area contributed by atoms with Gasteiger partial charge in [0.25, 0.3) is 0 Å². The summed E-state index contributed by atoms with van der Waals surface area (Å²) in [7, 11) is 1.81. The first-order valence-corrected chi connectivity index (χ1v) is 13.1.